The number of rotatable bonds is 4. The lowest BCUT2D eigenvalue weighted by Gasteiger charge is -2.25. The van der Waals surface area contributed by atoms with E-state index in [-0.39, 0.29) is 0 Å². The Kier molecular flexibility index (Phi) is 4.08. The Bertz CT molecular complexity index is 771. The summed E-state index contributed by atoms with van der Waals surface area (Å²) in [5.74, 6) is 0.958. The van der Waals surface area contributed by atoms with Crippen molar-refractivity contribution in [3.63, 3.8) is 0 Å². The molecule has 0 bridgehead atoms. The van der Waals surface area contributed by atoms with Crippen LogP contribution in [0.2, 0.25) is 0 Å². The van der Waals surface area contributed by atoms with Gasteiger partial charge in [0.15, 0.2) is 6.29 Å². The zero-order valence-electron chi connectivity index (χ0n) is 14.6. The summed E-state index contributed by atoms with van der Waals surface area (Å²) in [6.45, 7) is 8.03. The highest BCUT2D eigenvalue weighted by Gasteiger charge is 2.47. The van der Waals surface area contributed by atoms with Crippen molar-refractivity contribution in [2.75, 3.05) is 0 Å². The van der Waals surface area contributed by atoms with E-state index in [4.69, 9.17) is 4.74 Å². The maximum atomic E-state index is 12.6. The van der Waals surface area contributed by atoms with Gasteiger partial charge in [-0.1, -0.05) is 36.8 Å². The van der Waals surface area contributed by atoms with Crippen LogP contribution in [0, 0.1) is 18.8 Å². The molecule has 1 saturated carbocycles. The maximum absolute atomic E-state index is 12.6. The summed E-state index contributed by atoms with van der Waals surface area (Å²) in [4.78, 5) is 24.1. The van der Waals surface area contributed by atoms with Crippen molar-refractivity contribution in [1.29, 1.82) is 0 Å². The molecule has 0 amide bonds. The van der Waals surface area contributed by atoms with Gasteiger partial charge in [0.1, 0.15) is 5.60 Å². The van der Waals surface area contributed by atoms with Gasteiger partial charge < -0.3 is 4.74 Å². The third kappa shape index (κ3) is 3.01. The molecule has 0 aliphatic heterocycles. The average molecular weight is 325 g/mol. The number of aromatic nitrogens is 1. The average Bonchev–Trinajstić information content (AvgIpc) is 3.12. The molecule has 0 spiro atoms. The smallest absolute Gasteiger partial charge is 0.419 e. The number of hydrogen-bond donors (Lipinski definition) is 0. The number of carbonyl (C=O) groups excluding carboxylic acids is 2. The van der Waals surface area contributed by atoms with E-state index < -0.39 is 11.7 Å². The fourth-order valence-corrected chi connectivity index (χ4v) is 3.34. The summed E-state index contributed by atoms with van der Waals surface area (Å²) in [6, 6.07) is 9.64. The lowest BCUT2D eigenvalue weighted by Crippen LogP contribution is -2.33. The van der Waals surface area contributed by atoms with E-state index in [2.05, 4.69) is 6.92 Å². The summed E-state index contributed by atoms with van der Waals surface area (Å²) in [5, 5.41) is 0. The molecule has 3 rings (SSSR count). The molecule has 2 aromatic rings. The number of hydrogen-bond acceptors (Lipinski definition) is 3. The Morgan fingerprint density at radius 3 is 2.42 bits per heavy atom. The fourth-order valence-electron chi connectivity index (χ4n) is 3.34. The van der Waals surface area contributed by atoms with E-state index >= 15 is 0 Å². The maximum Gasteiger partial charge on any atom is 0.419 e. The molecule has 1 aromatic heterocycles. The highest BCUT2D eigenvalue weighted by atomic mass is 16.6. The lowest BCUT2D eigenvalue weighted by molar-refractivity contribution is 0.0197. The SMILES string of the molecule is Cc1ccc(-c2ccn(C(=O)OC(C)(C)[C@H]3CC3C)c2C=O)cc1. The van der Waals surface area contributed by atoms with Gasteiger partial charge in [0.2, 0.25) is 0 Å². The first-order valence-electron chi connectivity index (χ1n) is 8.30. The normalized spacial score (nSPS) is 19.8. The molecule has 1 heterocycles. The first kappa shape index (κ1) is 16.5. The second-order valence-electron chi connectivity index (χ2n) is 7.26. The molecule has 4 nitrogen and oxygen atoms in total. The standard InChI is InChI=1S/C20H23NO3/c1-13-5-7-15(8-6-13)16-9-10-21(18(16)12-22)19(23)24-20(3,4)17-11-14(17)2/h5-10,12,14,17H,11H2,1-4H3/t14?,17-/m0/s1. The van der Waals surface area contributed by atoms with E-state index in [9.17, 15) is 9.59 Å². The largest absolute Gasteiger partial charge is 0.443 e. The molecular weight excluding hydrogens is 302 g/mol. The summed E-state index contributed by atoms with van der Waals surface area (Å²) in [5.41, 5.74) is 2.59. The van der Waals surface area contributed by atoms with Gasteiger partial charge in [-0.25, -0.2) is 9.36 Å². The van der Waals surface area contributed by atoms with Crippen molar-refractivity contribution < 1.29 is 14.3 Å². The third-order valence-electron chi connectivity index (χ3n) is 4.95. The monoisotopic (exact) mass is 325 g/mol. The van der Waals surface area contributed by atoms with Crippen molar-refractivity contribution in [1.82, 2.24) is 4.57 Å². The van der Waals surface area contributed by atoms with E-state index in [0.717, 1.165) is 23.1 Å². The van der Waals surface area contributed by atoms with Gasteiger partial charge in [-0.15, -0.1) is 0 Å². The molecule has 126 valence electrons. The van der Waals surface area contributed by atoms with Crippen LogP contribution in [0.5, 0.6) is 0 Å². The highest BCUT2D eigenvalue weighted by molar-refractivity contribution is 5.91. The molecule has 0 radical (unpaired) electrons. The second-order valence-corrected chi connectivity index (χ2v) is 7.26. The van der Waals surface area contributed by atoms with Gasteiger partial charge in [0.05, 0.1) is 5.69 Å². The number of nitrogens with zero attached hydrogens (tertiary/aromatic N) is 1. The summed E-state index contributed by atoms with van der Waals surface area (Å²) >= 11 is 0. The van der Waals surface area contributed by atoms with Gasteiger partial charge in [0.25, 0.3) is 0 Å². The van der Waals surface area contributed by atoms with Crippen LogP contribution in [0.3, 0.4) is 0 Å². The molecule has 0 N–H and O–H groups in total. The Morgan fingerprint density at radius 1 is 1.25 bits per heavy atom. The van der Waals surface area contributed by atoms with Gasteiger partial charge in [0, 0.05) is 17.7 Å². The van der Waals surface area contributed by atoms with Crippen LogP contribution in [-0.4, -0.2) is 22.5 Å². The van der Waals surface area contributed by atoms with Crippen molar-refractivity contribution in [3.8, 4) is 11.1 Å². The van der Waals surface area contributed by atoms with Crippen LogP contribution < -0.4 is 0 Å². The number of ether oxygens (including phenoxy) is 1. The minimum atomic E-state index is -0.523. The van der Waals surface area contributed by atoms with Crippen molar-refractivity contribution in [3.05, 3.63) is 47.8 Å². The number of benzene rings is 1. The number of aldehydes is 1. The van der Waals surface area contributed by atoms with E-state index in [0.29, 0.717) is 23.8 Å². The Balaban J connectivity index is 1.87. The summed E-state index contributed by atoms with van der Waals surface area (Å²) in [7, 11) is 0. The molecule has 1 fully saturated rings. The molecule has 24 heavy (non-hydrogen) atoms. The highest BCUT2D eigenvalue weighted by Crippen LogP contribution is 2.47. The van der Waals surface area contributed by atoms with Crippen LogP contribution in [0.1, 0.15) is 43.2 Å². The van der Waals surface area contributed by atoms with Crippen LogP contribution in [0.15, 0.2) is 36.5 Å². The fraction of sp³-hybridized carbons (Fsp3) is 0.400. The summed E-state index contributed by atoms with van der Waals surface area (Å²) in [6.07, 6.45) is 2.89. The van der Waals surface area contributed by atoms with E-state index in [1.165, 1.54) is 4.57 Å². The van der Waals surface area contributed by atoms with Crippen LogP contribution >= 0.6 is 0 Å². The van der Waals surface area contributed by atoms with Crippen LogP contribution in [-0.2, 0) is 4.74 Å². The zero-order chi connectivity index (χ0) is 17.5. The van der Waals surface area contributed by atoms with Crippen LogP contribution in [0.25, 0.3) is 11.1 Å². The minimum Gasteiger partial charge on any atom is -0.443 e. The summed E-state index contributed by atoms with van der Waals surface area (Å²) < 4.78 is 7.00. The Labute approximate surface area is 142 Å². The number of carbonyl (C=O) groups is 2. The number of aryl methyl sites for hydroxylation is 1. The topological polar surface area (TPSA) is 48.3 Å². The van der Waals surface area contributed by atoms with Crippen molar-refractivity contribution in [2.45, 2.75) is 39.7 Å². The van der Waals surface area contributed by atoms with E-state index in [1.54, 1.807) is 12.3 Å². The second kappa shape index (κ2) is 5.93. The molecule has 1 unspecified atom stereocenters. The quantitative estimate of drug-likeness (QED) is 0.766. The predicted molar refractivity (Wildman–Crippen MR) is 93.2 cm³/mol. The molecule has 2 atom stereocenters. The molecular formula is C20H23NO3. The Hall–Kier alpha value is -2.36. The predicted octanol–water partition coefficient (Wildman–Crippen LogP) is 4.70. The minimum absolute atomic E-state index is 0.323. The first-order chi connectivity index (χ1) is 11.3. The van der Waals surface area contributed by atoms with Gasteiger partial charge in [-0.05, 0) is 44.7 Å². The van der Waals surface area contributed by atoms with Crippen LogP contribution in [0.4, 0.5) is 4.79 Å². The van der Waals surface area contributed by atoms with E-state index in [1.807, 2.05) is 45.0 Å². The van der Waals surface area contributed by atoms with Gasteiger partial charge >= 0.3 is 6.09 Å². The molecule has 1 aromatic carbocycles. The molecule has 0 saturated heterocycles. The molecule has 1 aliphatic rings. The lowest BCUT2D eigenvalue weighted by atomic mass is 10.0. The third-order valence-corrected chi connectivity index (χ3v) is 4.95. The van der Waals surface area contributed by atoms with Gasteiger partial charge in [-0.2, -0.15) is 0 Å². The Morgan fingerprint density at radius 2 is 1.88 bits per heavy atom. The van der Waals surface area contributed by atoms with Gasteiger partial charge in [-0.3, -0.25) is 4.79 Å². The first-order valence-corrected chi connectivity index (χ1v) is 8.30. The van der Waals surface area contributed by atoms with Crippen molar-refractivity contribution >= 4 is 12.4 Å². The molecule has 4 heteroatoms. The molecule has 1 aliphatic carbocycles. The zero-order valence-corrected chi connectivity index (χ0v) is 14.6. The van der Waals surface area contributed by atoms with Crippen molar-refractivity contribution in [2.24, 2.45) is 11.8 Å².